The second kappa shape index (κ2) is 8.34. The van der Waals surface area contributed by atoms with Crippen molar-refractivity contribution in [2.24, 2.45) is 0 Å². The number of aliphatic hydroxyl groups excluding tert-OH is 1. The van der Waals surface area contributed by atoms with Crippen molar-refractivity contribution in [2.75, 3.05) is 20.8 Å². The highest BCUT2D eigenvalue weighted by Gasteiger charge is 2.42. The summed E-state index contributed by atoms with van der Waals surface area (Å²) in [6, 6.07) is 10.2. The van der Waals surface area contributed by atoms with Crippen LogP contribution in [0.15, 0.2) is 53.8 Å². The fourth-order valence-corrected chi connectivity index (χ4v) is 3.52. The maximum Gasteiger partial charge on any atom is 0.290 e. The van der Waals surface area contributed by atoms with E-state index in [1.807, 2.05) is 12.1 Å². The topological polar surface area (TPSA) is 76.1 Å². The lowest BCUT2D eigenvalue weighted by atomic mass is 9.96. The molecule has 0 spiro atoms. The van der Waals surface area contributed by atoms with Gasteiger partial charge in [0.25, 0.3) is 5.91 Å². The molecule has 1 heterocycles. The molecule has 0 radical (unpaired) electrons. The minimum atomic E-state index is -0.763. The number of methoxy groups -OCH3 is 2. The highest BCUT2D eigenvalue weighted by Crippen LogP contribution is 2.38. The maximum atomic E-state index is 13.4. The first-order chi connectivity index (χ1) is 13.9. The van der Waals surface area contributed by atoms with Crippen molar-refractivity contribution in [3.05, 3.63) is 70.7 Å². The molecule has 1 amide bonds. The van der Waals surface area contributed by atoms with Crippen LogP contribution in [0.25, 0.3) is 0 Å². The van der Waals surface area contributed by atoms with Gasteiger partial charge in [0.1, 0.15) is 5.82 Å². The summed E-state index contributed by atoms with van der Waals surface area (Å²) >= 11 is 0. The fraction of sp³-hybridized carbons (Fsp3) is 0.273. The molecule has 0 saturated heterocycles. The molecule has 0 aliphatic carbocycles. The zero-order valence-corrected chi connectivity index (χ0v) is 16.4. The summed E-state index contributed by atoms with van der Waals surface area (Å²) in [5, 5.41) is 10.3. The van der Waals surface area contributed by atoms with Crippen LogP contribution >= 0.6 is 0 Å². The van der Waals surface area contributed by atoms with Crippen molar-refractivity contribution >= 4 is 11.7 Å². The van der Waals surface area contributed by atoms with Gasteiger partial charge in [0.2, 0.25) is 0 Å². The molecule has 0 aromatic heterocycles. The normalized spacial score (nSPS) is 16.3. The van der Waals surface area contributed by atoms with Gasteiger partial charge in [-0.2, -0.15) is 0 Å². The molecule has 7 heteroatoms. The molecule has 1 atom stereocenters. The Balaban J connectivity index is 1.89. The van der Waals surface area contributed by atoms with Gasteiger partial charge in [-0.1, -0.05) is 18.2 Å². The minimum Gasteiger partial charge on any atom is -0.503 e. The van der Waals surface area contributed by atoms with Gasteiger partial charge in [-0.15, -0.1) is 0 Å². The van der Waals surface area contributed by atoms with Crippen molar-refractivity contribution in [1.82, 2.24) is 4.90 Å². The molecule has 1 aliphatic rings. The Hall–Kier alpha value is -3.35. The molecule has 6 nitrogen and oxygen atoms in total. The van der Waals surface area contributed by atoms with Gasteiger partial charge < -0.3 is 19.5 Å². The molecular weight excluding hydrogens is 377 g/mol. The molecule has 1 N–H and O–H groups in total. The van der Waals surface area contributed by atoms with Crippen molar-refractivity contribution < 1.29 is 28.6 Å². The lowest BCUT2D eigenvalue weighted by molar-refractivity contribution is -0.129. The Labute approximate surface area is 168 Å². The van der Waals surface area contributed by atoms with Crippen LogP contribution in [0.5, 0.6) is 11.5 Å². The second-order valence-electron chi connectivity index (χ2n) is 6.71. The van der Waals surface area contributed by atoms with Crippen LogP contribution in [0.2, 0.25) is 0 Å². The minimum absolute atomic E-state index is 0.0221. The molecule has 1 unspecified atom stereocenters. The number of ether oxygens (including phenoxy) is 2. The number of aliphatic hydroxyl groups is 1. The Kier molecular flexibility index (Phi) is 5.87. The average Bonchev–Trinajstić information content (AvgIpc) is 2.97. The van der Waals surface area contributed by atoms with Crippen LogP contribution in [-0.2, 0) is 16.0 Å². The standard InChI is InChI=1S/C22H22FNO5/c1-13(25)19-20(15-5-7-16(23)8-6-15)24(22(27)21(19)26)11-10-14-4-9-17(28-2)18(12-14)29-3/h4-9,12,20,26H,10-11H2,1-3H3. The summed E-state index contributed by atoms with van der Waals surface area (Å²) in [7, 11) is 3.09. The summed E-state index contributed by atoms with van der Waals surface area (Å²) in [4.78, 5) is 26.2. The number of amides is 1. The van der Waals surface area contributed by atoms with E-state index >= 15 is 0 Å². The first kappa shape index (κ1) is 20.4. The highest BCUT2D eigenvalue weighted by atomic mass is 19.1. The molecule has 3 rings (SSSR count). The van der Waals surface area contributed by atoms with Gasteiger partial charge in [0.05, 0.1) is 25.8 Å². The Morgan fingerprint density at radius 3 is 2.34 bits per heavy atom. The SMILES string of the molecule is COc1ccc(CCN2C(=O)C(O)=C(C(C)=O)C2c2ccc(F)cc2)cc1OC. The molecule has 29 heavy (non-hydrogen) atoms. The molecule has 0 saturated carbocycles. The average molecular weight is 399 g/mol. The number of hydrogen-bond donors (Lipinski definition) is 1. The predicted molar refractivity (Wildman–Crippen MR) is 104 cm³/mol. The van der Waals surface area contributed by atoms with Gasteiger partial charge >= 0.3 is 0 Å². The van der Waals surface area contributed by atoms with Crippen LogP contribution in [0.3, 0.4) is 0 Å². The van der Waals surface area contributed by atoms with Crippen LogP contribution < -0.4 is 9.47 Å². The smallest absolute Gasteiger partial charge is 0.290 e. The van der Waals surface area contributed by atoms with Gasteiger partial charge in [-0.05, 0) is 48.7 Å². The molecule has 152 valence electrons. The molecule has 2 aromatic rings. The third kappa shape index (κ3) is 3.94. The number of hydrogen-bond acceptors (Lipinski definition) is 5. The maximum absolute atomic E-state index is 13.4. The molecular formula is C22H22FNO5. The van der Waals surface area contributed by atoms with Crippen LogP contribution in [-0.4, -0.2) is 42.5 Å². The van der Waals surface area contributed by atoms with Gasteiger partial charge in [0, 0.05) is 6.54 Å². The molecule has 0 bridgehead atoms. The third-order valence-corrected chi connectivity index (χ3v) is 4.96. The lowest BCUT2D eigenvalue weighted by Crippen LogP contribution is -2.32. The summed E-state index contributed by atoms with van der Waals surface area (Å²) in [6.07, 6.45) is 0.461. The number of benzene rings is 2. The van der Waals surface area contributed by atoms with Crippen molar-refractivity contribution in [1.29, 1.82) is 0 Å². The van der Waals surface area contributed by atoms with E-state index in [2.05, 4.69) is 0 Å². The van der Waals surface area contributed by atoms with E-state index in [4.69, 9.17) is 9.47 Å². The van der Waals surface area contributed by atoms with E-state index in [0.717, 1.165) is 5.56 Å². The first-order valence-electron chi connectivity index (χ1n) is 9.08. The van der Waals surface area contributed by atoms with Crippen molar-refractivity contribution in [3.8, 4) is 11.5 Å². The van der Waals surface area contributed by atoms with Crippen LogP contribution in [0, 0.1) is 5.82 Å². The number of ketones is 1. The quantitative estimate of drug-likeness (QED) is 0.773. The number of Topliss-reactive ketones (excluding diaryl/α,β-unsaturated/α-hetero) is 1. The van der Waals surface area contributed by atoms with Crippen molar-refractivity contribution in [3.63, 3.8) is 0 Å². The highest BCUT2D eigenvalue weighted by molar-refractivity contribution is 6.08. The number of carbonyl (C=O) groups excluding carboxylic acids is 2. The Morgan fingerprint density at radius 1 is 1.10 bits per heavy atom. The predicted octanol–water partition coefficient (Wildman–Crippen LogP) is 3.37. The molecule has 1 aliphatic heterocycles. The second-order valence-corrected chi connectivity index (χ2v) is 6.71. The third-order valence-electron chi connectivity index (χ3n) is 4.96. The van der Waals surface area contributed by atoms with Crippen molar-refractivity contribution in [2.45, 2.75) is 19.4 Å². The summed E-state index contributed by atoms with van der Waals surface area (Å²) in [5.74, 6) is -0.843. The van der Waals surface area contributed by atoms with E-state index < -0.39 is 29.3 Å². The monoisotopic (exact) mass is 399 g/mol. The zero-order valence-electron chi connectivity index (χ0n) is 16.4. The lowest BCUT2D eigenvalue weighted by Gasteiger charge is -2.26. The largest absolute Gasteiger partial charge is 0.503 e. The van der Waals surface area contributed by atoms with E-state index in [1.165, 1.54) is 43.2 Å². The summed E-state index contributed by atoms with van der Waals surface area (Å²) in [6.45, 7) is 1.55. The molecule has 2 aromatic carbocycles. The number of halogens is 1. The van der Waals surface area contributed by atoms with E-state index in [-0.39, 0.29) is 12.1 Å². The number of rotatable bonds is 7. The van der Waals surface area contributed by atoms with E-state index in [1.54, 1.807) is 13.2 Å². The van der Waals surface area contributed by atoms with E-state index in [9.17, 15) is 19.1 Å². The summed E-state index contributed by atoms with van der Waals surface area (Å²) < 4.78 is 23.9. The number of nitrogens with zero attached hydrogens (tertiary/aromatic N) is 1. The van der Waals surface area contributed by atoms with Crippen LogP contribution in [0.4, 0.5) is 4.39 Å². The number of carbonyl (C=O) groups is 2. The van der Waals surface area contributed by atoms with Gasteiger partial charge in [-0.25, -0.2) is 4.39 Å². The Bertz CT molecular complexity index is 968. The zero-order chi connectivity index (χ0) is 21.1. The van der Waals surface area contributed by atoms with Gasteiger partial charge in [-0.3, -0.25) is 9.59 Å². The van der Waals surface area contributed by atoms with E-state index in [0.29, 0.717) is 23.5 Å². The fourth-order valence-electron chi connectivity index (χ4n) is 3.52. The first-order valence-corrected chi connectivity index (χ1v) is 9.08. The summed E-state index contributed by atoms with van der Waals surface area (Å²) in [5.41, 5.74) is 1.47. The Morgan fingerprint density at radius 2 is 1.76 bits per heavy atom. The molecule has 0 fully saturated rings. The van der Waals surface area contributed by atoms with Crippen LogP contribution in [0.1, 0.15) is 24.1 Å². The van der Waals surface area contributed by atoms with Gasteiger partial charge in [0.15, 0.2) is 23.0 Å².